The molecule has 0 heterocycles. The van der Waals surface area contributed by atoms with Gasteiger partial charge in [-0.1, -0.05) is 18.9 Å². The van der Waals surface area contributed by atoms with E-state index in [-0.39, 0.29) is 18.5 Å². The number of hydrogen-bond acceptors (Lipinski definition) is 2. The molecule has 1 aromatic carbocycles. The third kappa shape index (κ3) is 3.43. The Morgan fingerprint density at radius 1 is 1.18 bits per heavy atom. The fourth-order valence-electron chi connectivity index (χ4n) is 2.32. The molecule has 0 radical (unpaired) electrons. The number of benzene rings is 1. The monoisotopic (exact) mass is 237 g/mol. The fraction of sp³-hybridized carbons (Fsp3) is 0.571. The van der Waals surface area contributed by atoms with Crippen molar-refractivity contribution in [3.05, 3.63) is 29.6 Å². The molecule has 0 bridgehead atoms. The number of rotatable bonds is 3. The Bertz CT molecular complexity index is 359. The Morgan fingerprint density at radius 3 is 2.47 bits per heavy atom. The van der Waals surface area contributed by atoms with Crippen molar-refractivity contribution in [2.75, 3.05) is 0 Å². The van der Waals surface area contributed by atoms with Gasteiger partial charge in [0.2, 0.25) is 0 Å². The summed E-state index contributed by atoms with van der Waals surface area (Å²) in [5, 5.41) is 0. The first-order chi connectivity index (χ1) is 8.29. The zero-order valence-electron chi connectivity index (χ0n) is 10.1. The second-order valence-electron chi connectivity index (χ2n) is 4.69. The molecule has 17 heavy (non-hydrogen) atoms. The van der Waals surface area contributed by atoms with Gasteiger partial charge in [-0.3, -0.25) is 0 Å². The summed E-state index contributed by atoms with van der Waals surface area (Å²) in [6.07, 6.45) is 7.43. The average Bonchev–Trinajstić information content (AvgIpc) is 2.58. The van der Waals surface area contributed by atoms with E-state index >= 15 is 0 Å². The maximum atomic E-state index is 13.5. The minimum absolute atomic E-state index is 0.232. The molecule has 0 aromatic heterocycles. The van der Waals surface area contributed by atoms with Gasteiger partial charge in [-0.05, 0) is 31.7 Å². The largest absolute Gasteiger partial charge is 0.490 e. The standard InChI is InChI=1S/C14H20FNO/c15-14-9-13(8-7-11(14)10-16)17-12-5-3-1-2-4-6-12/h7-9,12H,1-6,10,16H2. The molecule has 94 valence electrons. The minimum Gasteiger partial charge on any atom is -0.490 e. The van der Waals surface area contributed by atoms with Crippen molar-refractivity contribution >= 4 is 0 Å². The zero-order chi connectivity index (χ0) is 12.1. The van der Waals surface area contributed by atoms with Crippen molar-refractivity contribution in [2.24, 2.45) is 5.73 Å². The van der Waals surface area contributed by atoms with E-state index in [0.29, 0.717) is 11.3 Å². The van der Waals surface area contributed by atoms with Crippen LogP contribution in [0.25, 0.3) is 0 Å². The van der Waals surface area contributed by atoms with Crippen molar-refractivity contribution in [1.29, 1.82) is 0 Å². The summed E-state index contributed by atoms with van der Waals surface area (Å²) in [6.45, 7) is 0.232. The van der Waals surface area contributed by atoms with E-state index in [0.717, 1.165) is 12.8 Å². The maximum absolute atomic E-state index is 13.5. The van der Waals surface area contributed by atoms with Crippen LogP contribution in [0, 0.1) is 5.82 Å². The molecule has 3 heteroatoms. The van der Waals surface area contributed by atoms with Crippen molar-refractivity contribution in [3.8, 4) is 5.75 Å². The van der Waals surface area contributed by atoms with Crippen molar-refractivity contribution in [3.63, 3.8) is 0 Å². The SMILES string of the molecule is NCc1ccc(OC2CCCCCC2)cc1F. The molecule has 1 aromatic rings. The number of halogens is 1. The van der Waals surface area contributed by atoms with Gasteiger partial charge in [0.15, 0.2) is 0 Å². The summed E-state index contributed by atoms with van der Waals surface area (Å²) in [5.74, 6) is 0.366. The highest BCUT2D eigenvalue weighted by Gasteiger charge is 2.14. The summed E-state index contributed by atoms with van der Waals surface area (Å²) < 4.78 is 19.4. The third-order valence-corrected chi connectivity index (χ3v) is 3.35. The molecular weight excluding hydrogens is 217 g/mol. The number of nitrogens with two attached hydrogens (primary N) is 1. The maximum Gasteiger partial charge on any atom is 0.131 e. The van der Waals surface area contributed by atoms with Gasteiger partial charge in [0.1, 0.15) is 11.6 Å². The first kappa shape index (κ1) is 12.4. The molecule has 2 nitrogen and oxygen atoms in total. The Balaban J connectivity index is 1.99. The first-order valence-corrected chi connectivity index (χ1v) is 6.45. The molecular formula is C14H20FNO. The van der Waals surface area contributed by atoms with Crippen LogP contribution in [-0.4, -0.2) is 6.10 Å². The van der Waals surface area contributed by atoms with Crippen LogP contribution in [0.5, 0.6) is 5.75 Å². The van der Waals surface area contributed by atoms with E-state index in [9.17, 15) is 4.39 Å². The Labute approximate surface area is 102 Å². The Hall–Kier alpha value is -1.09. The summed E-state index contributed by atoms with van der Waals surface area (Å²) in [7, 11) is 0. The second-order valence-corrected chi connectivity index (χ2v) is 4.69. The molecule has 1 saturated carbocycles. The number of hydrogen-bond donors (Lipinski definition) is 1. The minimum atomic E-state index is -0.265. The molecule has 1 aliphatic rings. The summed E-state index contributed by atoms with van der Waals surface area (Å²) in [6, 6.07) is 4.98. The molecule has 0 atom stereocenters. The van der Waals surface area contributed by atoms with E-state index in [1.807, 2.05) is 6.07 Å². The van der Waals surface area contributed by atoms with Gasteiger partial charge in [-0.25, -0.2) is 4.39 Å². The van der Waals surface area contributed by atoms with Crippen LogP contribution < -0.4 is 10.5 Å². The van der Waals surface area contributed by atoms with Crippen molar-refractivity contribution in [1.82, 2.24) is 0 Å². The lowest BCUT2D eigenvalue weighted by atomic mass is 10.1. The summed E-state index contributed by atoms with van der Waals surface area (Å²) >= 11 is 0. The van der Waals surface area contributed by atoms with Crippen LogP contribution >= 0.6 is 0 Å². The van der Waals surface area contributed by atoms with Gasteiger partial charge >= 0.3 is 0 Å². The van der Waals surface area contributed by atoms with E-state index < -0.39 is 0 Å². The first-order valence-electron chi connectivity index (χ1n) is 6.45. The van der Waals surface area contributed by atoms with Gasteiger partial charge in [0.25, 0.3) is 0 Å². The molecule has 0 saturated heterocycles. The number of ether oxygens (including phenoxy) is 1. The summed E-state index contributed by atoms with van der Waals surface area (Å²) in [5.41, 5.74) is 5.96. The predicted molar refractivity (Wildman–Crippen MR) is 66.4 cm³/mol. The van der Waals surface area contributed by atoms with Crippen LogP contribution in [0.1, 0.15) is 44.1 Å². The van der Waals surface area contributed by atoms with Crippen molar-refractivity contribution in [2.45, 2.75) is 51.2 Å². The molecule has 1 fully saturated rings. The van der Waals surface area contributed by atoms with E-state index in [1.165, 1.54) is 31.7 Å². The Morgan fingerprint density at radius 2 is 1.88 bits per heavy atom. The fourth-order valence-corrected chi connectivity index (χ4v) is 2.32. The molecule has 0 spiro atoms. The normalized spacial score (nSPS) is 17.8. The van der Waals surface area contributed by atoms with Crippen LogP contribution in [0.2, 0.25) is 0 Å². The van der Waals surface area contributed by atoms with E-state index in [4.69, 9.17) is 10.5 Å². The van der Waals surface area contributed by atoms with Gasteiger partial charge < -0.3 is 10.5 Å². The summed E-state index contributed by atoms with van der Waals surface area (Å²) in [4.78, 5) is 0. The topological polar surface area (TPSA) is 35.2 Å². The van der Waals surface area contributed by atoms with Crippen LogP contribution in [0.15, 0.2) is 18.2 Å². The highest BCUT2D eigenvalue weighted by Crippen LogP contribution is 2.24. The molecule has 2 rings (SSSR count). The van der Waals surface area contributed by atoms with Crippen LogP contribution in [0.4, 0.5) is 4.39 Å². The lowest BCUT2D eigenvalue weighted by molar-refractivity contribution is 0.183. The predicted octanol–water partition coefficient (Wildman–Crippen LogP) is 3.39. The third-order valence-electron chi connectivity index (χ3n) is 3.35. The zero-order valence-corrected chi connectivity index (χ0v) is 10.1. The van der Waals surface area contributed by atoms with Gasteiger partial charge in [0.05, 0.1) is 6.10 Å². The molecule has 1 aliphatic carbocycles. The smallest absolute Gasteiger partial charge is 0.131 e. The molecule has 0 unspecified atom stereocenters. The lowest BCUT2D eigenvalue weighted by Gasteiger charge is -2.17. The highest BCUT2D eigenvalue weighted by molar-refractivity contribution is 5.29. The van der Waals surface area contributed by atoms with Crippen LogP contribution in [0.3, 0.4) is 0 Å². The van der Waals surface area contributed by atoms with E-state index in [2.05, 4.69) is 0 Å². The molecule has 0 amide bonds. The van der Waals surface area contributed by atoms with Crippen LogP contribution in [-0.2, 0) is 6.54 Å². The molecule has 2 N–H and O–H groups in total. The van der Waals surface area contributed by atoms with Gasteiger partial charge in [0, 0.05) is 18.2 Å². The molecule has 0 aliphatic heterocycles. The quantitative estimate of drug-likeness (QED) is 0.818. The van der Waals surface area contributed by atoms with Crippen molar-refractivity contribution < 1.29 is 9.13 Å². The van der Waals surface area contributed by atoms with E-state index in [1.54, 1.807) is 6.07 Å². The highest BCUT2D eigenvalue weighted by atomic mass is 19.1. The average molecular weight is 237 g/mol. The van der Waals surface area contributed by atoms with Gasteiger partial charge in [-0.2, -0.15) is 0 Å². The lowest BCUT2D eigenvalue weighted by Crippen LogP contribution is -2.15. The van der Waals surface area contributed by atoms with Gasteiger partial charge in [-0.15, -0.1) is 0 Å². The Kier molecular flexibility index (Phi) is 4.37. The second kappa shape index (κ2) is 6.01.